The van der Waals surface area contributed by atoms with Crippen molar-refractivity contribution in [2.75, 3.05) is 28.4 Å². The highest BCUT2D eigenvalue weighted by molar-refractivity contribution is 6.32. The number of Topliss-reactive ketones (excluding diaryl/α,β-unsaturated/α-hetero) is 2. The molecule has 5 amide bonds. The van der Waals surface area contributed by atoms with Gasteiger partial charge in [0.05, 0.1) is 49.3 Å². The Bertz CT molecular complexity index is 3440. The molecule has 5 aliphatic heterocycles. The Kier molecular flexibility index (Phi) is 18.7. The van der Waals surface area contributed by atoms with E-state index in [-0.39, 0.29) is 96.6 Å². The van der Waals surface area contributed by atoms with Crippen molar-refractivity contribution in [3.63, 3.8) is 0 Å². The number of nitrogens with two attached hydrogens (primary N) is 1. The Morgan fingerprint density at radius 2 is 1.34 bits per heavy atom. The first-order valence-corrected chi connectivity index (χ1v) is 27.1. The molecule has 0 saturated carbocycles. The zero-order valence-electron chi connectivity index (χ0n) is 46.1. The predicted octanol–water partition coefficient (Wildman–Crippen LogP) is 6.13. The van der Waals surface area contributed by atoms with Gasteiger partial charge >= 0.3 is 5.97 Å². The van der Waals surface area contributed by atoms with Gasteiger partial charge in [-0.15, -0.1) is 0 Å². The molecule has 10 rings (SSSR count). The maximum Gasteiger partial charge on any atom is 0.330 e. The number of aliphatic carboxylic acids is 1. The maximum absolute atomic E-state index is 15.8. The number of ketones is 2. The molecule has 0 saturated heterocycles. The van der Waals surface area contributed by atoms with Crippen LogP contribution in [0.15, 0.2) is 78.9 Å². The topological polar surface area (TPSA) is 330 Å². The number of methoxy groups -OCH3 is 3. The number of carbonyl (C=O) groups excluding carboxylic acids is 7. The summed E-state index contributed by atoms with van der Waals surface area (Å²) in [5.41, 5.74) is 6.52. The van der Waals surface area contributed by atoms with Crippen molar-refractivity contribution < 1.29 is 78.8 Å². The number of aliphatic hydroxyl groups excluding tert-OH is 2. The number of aliphatic hydroxyl groups is 2. The number of aryl methyl sites for hydroxylation is 1. The van der Waals surface area contributed by atoms with Gasteiger partial charge in [-0.25, -0.2) is 4.79 Å². The number of carboxylic acids is 1. The second kappa shape index (κ2) is 25.5. The van der Waals surface area contributed by atoms with Crippen LogP contribution < -0.4 is 56.0 Å². The number of halogens is 2. The molecule has 9 atom stereocenters. The summed E-state index contributed by atoms with van der Waals surface area (Å²) in [6.45, 7) is 5.45. The third kappa shape index (κ3) is 13.0. The van der Waals surface area contributed by atoms with E-state index in [1.807, 2.05) is 13.8 Å². The number of carbonyl (C=O) groups is 8. The van der Waals surface area contributed by atoms with Crippen LogP contribution in [0.25, 0.3) is 11.1 Å². The Morgan fingerprint density at radius 1 is 0.723 bits per heavy atom. The summed E-state index contributed by atoms with van der Waals surface area (Å²) in [6.07, 6.45) is -5.92. The van der Waals surface area contributed by atoms with Gasteiger partial charge in [-0.05, 0) is 114 Å². The van der Waals surface area contributed by atoms with Crippen LogP contribution in [0.1, 0.15) is 105 Å². The van der Waals surface area contributed by atoms with Gasteiger partial charge in [0.25, 0.3) is 0 Å². The monoisotopic (exact) mass is 1180 g/mol. The number of hydrogen-bond donors (Lipinski definition) is 9. The van der Waals surface area contributed by atoms with Crippen LogP contribution in [-0.2, 0) is 38.4 Å². The van der Waals surface area contributed by atoms with E-state index in [4.69, 9.17) is 52.6 Å². The second-order valence-corrected chi connectivity index (χ2v) is 21.7. The standard InChI is InChI=1S/C59H62Cl2N6O16.H2/c1-25(2)14-37(63-4)57(75)66-50-38(68)20-31(23-46(62)70)55(73)64-48-30-21-44(82-41-12-9-28(52(50)71)18-35(41)60)54(81-7)45(22-30)83-42-13-10-29(19-36(42)61)53(72)51-58(76)65-49(59(77)78)34-15-26(3)16-43(80-6)47(34)33-17-27(8-11-40(33)79-5)32(24-39(48)69)56(74)67-51;/h8-13,15-19,21-22,25,31-32,37,48-53,63,71-72H,14,20,23-24H2,1-7H3,(H2,62,70)(H,64,73)(H,65,76)(H,66,75)(H,67,74)(H,77,78);1H/t31-,32+,37-,48+,49+,50-,51-,52+,53+;/m0./s1. The molecular weight excluding hydrogens is 1120 g/mol. The summed E-state index contributed by atoms with van der Waals surface area (Å²) in [5, 5.41) is 48.1. The van der Waals surface area contributed by atoms with Crippen molar-refractivity contribution >= 4 is 70.3 Å². The molecule has 0 radical (unpaired) electrons. The first kappa shape index (κ1) is 60.8. The summed E-state index contributed by atoms with van der Waals surface area (Å²) < 4.78 is 30.4. The lowest BCUT2D eigenvalue weighted by Crippen LogP contribution is -2.53. The van der Waals surface area contributed by atoms with Crippen LogP contribution in [0.4, 0.5) is 0 Å². The predicted molar refractivity (Wildman–Crippen MR) is 303 cm³/mol. The van der Waals surface area contributed by atoms with Crippen molar-refractivity contribution in [2.24, 2.45) is 17.6 Å². The van der Waals surface area contributed by atoms with Crippen molar-refractivity contribution in [3.8, 4) is 51.4 Å². The van der Waals surface area contributed by atoms with Crippen LogP contribution >= 0.6 is 23.2 Å². The molecule has 10 N–H and O–H groups in total. The van der Waals surface area contributed by atoms with Crippen molar-refractivity contribution in [1.29, 1.82) is 0 Å². The van der Waals surface area contributed by atoms with Crippen molar-refractivity contribution in [1.82, 2.24) is 26.6 Å². The highest BCUT2D eigenvalue weighted by Gasteiger charge is 2.42. The third-order valence-corrected chi connectivity index (χ3v) is 15.3. The van der Waals surface area contributed by atoms with Gasteiger partial charge < -0.3 is 71.3 Å². The third-order valence-electron chi connectivity index (χ3n) is 14.7. The Labute approximate surface area is 488 Å². The molecule has 0 aromatic heterocycles. The minimum atomic E-state index is -2.00. The van der Waals surface area contributed by atoms with Gasteiger partial charge in [0, 0.05) is 31.8 Å². The molecule has 83 heavy (non-hydrogen) atoms. The maximum atomic E-state index is 15.8. The lowest BCUT2D eigenvalue weighted by Gasteiger charge is -2.31. The van der Waals surface area contributed by atoms with Crippen molar-refractivity contribution in [3.05, 3.63) is 122 Å². The average molecular weight is 1180 g/mol. The largest absolute Gasteiger partial charge is 0.496 e. The molecule has 0 unspecified atom stereocenters. The molecule has 440 valence electrons. The highest BCUT2D eigenvalue weighted by atomic mass is 35.5. The first-order chi connectivity index (χ1) is 39.4. The lowest BCUT2D eigenvalue weighted by atomic mass is 9.84. The highest BCUT2D eigenvalue weighted by Crippen LogP contribution is 2.48. The van der Waals surface area contributed by atoms with E-state index in [1.165, 1.54) is 94.1 Å². The SMILES string of the molecule is CN[C@@H](CC(C)C)C(=O)N[C@H]1C(=O)C[C@@H](CC(N)=O)C(=O)N[C@H]2C(=O)C[C@H]3C(=O)N[C@H](C(=O)N[C@@H](C(=O)O)c4cc(C)cc(OC)c4-c4cc3ccc4OC)[C@H](O)c3ccc(c(Cl)c3)Oc3cc2cc(c3OC)Oc2ccc(cc2Cl)[C@H]1O.[HH]. The zero-order chi connectivity index (χ0) is 60.3. The minimum Gasteiger partial charge on any atom is -0.496 e. The summed E-state index contributed by atoms with van der Waals surface area (Å²) in [4.78, 5) is 116. The molecule has 5 aromatic rings. The van der Waals surface area contributed by atoms with Crippen LogP contribution in [-0.4, -0.2) is 109 Å². The Morgan fingerprint density at radius 3 is 1.89 bits per heavy atom. The fourth-order valence-electron chi connectivity index (χ4n) is 10.5. The number of nitrogens with one attached hydrogen (secondary N) is 5. The number of rotatable bonds is 11. The molecular formula is C59H64Cl2N6O16. The Balaban J connectivity index is 0.0000101. The van der Waals surface area contributed by atoms with E-state index in [1.54, 1.807) is 20.0 Å². The number of benzene rings is 5. The quantitative estimate of drug-likeness (QED) is 0.0718. The first-order valence-electron chi connectivity index (χ1n) is 26.3. The van der Waals surface area contributed by atoms with E-state index >= 15 is 14.4 Å². The van der Waals surface area contributed by atoms with Gasteiger partial charge in [-0.2, -0.15) is 0 Å². The van der Waals surface area contributed by atoms with E-state index in [0.717, 1.165) is 0 Å². The Hall–Kier alpha value is -8.28. The molecule has 0 aliphatic carbocycles. The van der Waals surface area contributed by atoms with E-state index in [2.05, 4.69) is 26.6 Å². The molecule has 24 heteroatoms. The van der Waals surface area contributed by atoms with E-state index in [0.29, 0.717) is 12.0 Å². The number of primary amides is 1. The number of hydrogen-bond acceptors (Lipinski definition) is 16. The van der Waals surface area contributed by atoms with Gasteiger partial charge in [0.1, 0.15) is 53.3 Å². The average Bonchev–Trinajstić information content (AvgIpc) is 1.55. The molecule has 5 aromatic carbocycles. The van der Waals surface area contributed by atoms with Crippen LogP contribution in [0, 0.1) is 18.8 Å². The number of ether oxygens (including phenoxy) is 5. The van der Waals surface area contributed by atoms with Gasteiger partial charge in [-0.3, -0.25) is 33.6 Å². The number of likely N-dealkylation sites (N-methyl/N-ethyl adjacent to an activating group) is 1. The zero-order valence-corrected chi connectivity index (χ0v) is 47.6. The van der Waals surface area contributed by atoms with Crippen LogP contribution in [0.5, 0.6) is 40.2 Å². The van der Waals surface area contributed by atoms with Gasteiger partial charge in [0.15, 0.2) is 29.1 Å². The van der Waals surface area contributed by atoms with Gasteiger partial charge in [-0.1, -0.05) is 61.3 Å². The number of fused-ring (bicyclic) bond motifs is 15. The van der Waals surface area contributed by atoms with Crippen LogP contribution in [0.2, 0.25) is 10.0 Å². The molecule has 0 fully saturated rings. The minimum absolute atomic E-state index is 0. The summed E-state index contributed by atoms with van der Waals surface area (Å²) in [6, 6.07) is 9.80. The molecule has 5 aliphatic rings. The second-order valence-electron chi connectivity index (χ2n) is 20.8. The summed E-state index contributed by atoms with van der Waals surface area (Å²) in [5.74, 6) is -12.2. The normalized spacial score (nSPS) is 22.1. The molecule has 22 nitrogen and oxygen atoms in total. The van der Waals surface area contributed by atoms with Crippen LogP contribution in [0.3, 0.4) is 0 Å². The van der Waals surface area contributed by atoms with E-state index < -0.39 is 121 Å². The van der Waals surface area contributed by atoms with Crippen molar-refractivity contribution in [2.45, 2.75) is 94.8 Å². The summed E-state index contributed by atoms with van der Waals surface area (Å²) >= 11 is 13.8. The molecule has 11 bridgehead atoms. The van der Waals surface area contributed by atoms with E-state index in [9.17, 15) is 39.3 Å². The van der Waals surface area contributed by atoms with Gasteiger partial charge in [0.2, 0.25) is 35.3 Å². The molecule has 5 heterocycles. The number of amides is 5. The fourth-order valence-corrected chi connectivity index (χ4v) is 11.0. The summed E-state index contributed by atoms with van der Waals surface area (Å²) in [7, 11) is 5.52. The fraction of sp³-hybridized carbons (Fsp3) is 0.356. The number of carboxylic acid groups (broad SMARTS) is 1. The smallest absolute Gasteiger partial charge is 0.330 e. The lowest BCUT2D eigenvalue weighted by molar-refractivity contribution is -0.143. The molecule has 0 spiro atoms.